The maximum Gasteiger partial charge on any atom is 0.135 e. The van der Waals surface area contributed by atoms with Gasteiger partial charge in [0.1, 0.15) is 5.78 Å². The number of carbonyl (C=O) groups is 1. The Balaban J connectivity index is 0.000000147. The van der Waals surface area contributed by atoms with Crippen molar-refractivity contribution in [1.82, 2.24) is 0 Å². The van der Waals surface area contributed by atoms with Gasteiger partial charge in [0, 0.05) is 29.2 Å². The summed E-state index contributed by atoms with van der Waals surface area (Å²) in [5.41, 5.74) is 10.4. The molecule has 5 rings (SSSR count). The fourth-order valence-electron chi connectivity index (χ4n) is 4.90. The summed E-state index contributed by atoms with van der Waals surface area (Å²) >= 11 is 0. The van der Waals surface area contributed by atoms with Crippen LogP contribution >= 0.6 is 0 Å². The highest BCUT2D eigenvalue weighted by Gasteiger charge is 2.40. The van der Waals surface area contributed by atoms with Crippen LogP contribution in [0.5, 0.6) is 0 Å². The Kier molecular flexibility index (Phi) is 8.25. The van der Waals surface area contributed by atoms with Gasteiger partial charge >= 0.3 is 0 Å². The van der Waals surface area contributed by atoms with E-state index < -0.39 is 0 Å². The zero-order valence-corrected chi connectivity index (χ0v) is 20.2. The summed E-state index contributed by atoms with van der Waals surface area (Å²) in [6.07, 6.45) is 9.49. The Hall–Kier alpha value is -2.46. The molecule has 2 aromatic rings. The van der Waals surface area contributed by atoms with Gasteiger partial charge in [0.25, 0.3) is 0 Å². The number of hydrogen-bond donors (Lipinski definition) is 2. The largest absolute Gasteiger partial charge is 0.324 e. The number of rotatable bonds is 1. The second-order valence-electron chi connectivity index (χ2n) is 9.75. The summed E-state index contributed by atoms with van der Waals surface area (Å²) in [5.74, 6) is 6.00. The molecular weight excluding hydrogens is 394 g/mol. The van der Waals surface area contributed by atoms with Crippen LogP contribution in [0.25, 0.3) is 0 Å². The number of Topliss-reactive ketones (excluding diaryl/α,β-unsaturated/α-hetero) is 1. The molecule has 0 spiro atoms. The molecule has 0 bridgehead atoms. The van der Waals surface area contributed by atoms with Crippen LogP contribution in [0.15, 0.2) is 47.5 Å². The molecule has 0 aromatic heterocycles. The standard InChI is InChI=1S/C14H17N.C7H10N2.C7H12O/c1-10-6-7-11-12(9-10)15-13-5-3-4-8-14(11,13)2;1-6-3-2-4-7(5-6)9-8;1-6-4-2-3-5-7(6)8/h6-7,9H,3-5,8H2,1-2H3;2-5,9H,8H2,1H3;6H,2-5H2,1H3. The van der Waals surface area contributed by atoms with Crippen LogP contribution in [0.2, 0.25) is 0 Å². The van der Waals surface area contributed by atoms with E-state index in [2.05, 4.69) is 37.5 Å². The average Bonchev–Trinajstić information content (AvgIpc) is 3.08. The summed E-state index contributed by atoms with van der Waals surface area (Å²) in [6, 6.07) is 14.6. The van der Waals surface area contributed by atoms with E-state index in [1.165, 1.54) is 60.2 Å². The van der Waals surface area contributed by atoms with Crippen molar-refractivity contribution in [2.24, 2.45) is 16.8 Å². The van der Waals surface area contributed by atoms with E-state index in [9.17, 15) is 4.79 Å². The molecular formula is C28H39N3O. The van der Waals surface area contributed by atoms with Gasteiger partial charge in [-0.15, -0.1) is 0 Å². The highest BCUT2D eigenvalue weighted by atomic mass is 16.1. The van der Waals surface area contributed by atoms with Crippen LogP contribution in [0.1, 0.15) is 81.9 Å². The normalized spacial score (nSPS) is 23.5. The zero-order chi connectivity index (χ0) is 23.1. The number of nitrogens with zero attached hydrogens (tertiary/aromatic N) is 1. The lowest BCUT2D eigenvalue weighted by Gasteiger charge is -2.31. The van der Waals surface area contributed by atoms with Crippen molar-refractivity contribution in [1.29, 1.82) is 0 Å². The Labute approximate surface area is 193 Å². The average molecular weight is 434 g/mol. The molecule has 0 amide bonds. The molecule has 4 heteroatoms. The Morgan fingerprint density at radius 1 is 1.00 bits per heavy atom. The number of fused-ring (bicyclic) bond motifs is 3. The topological polar surface area (TPSA) is 67.5 Å². The van der Waals surface area contributed by atoms with Crippen LogP contribution in [0.4, 0.5) is 11.4 Å². The highest BCUT2D eigenvalue weighted by Crippen LogP contribution is 2.47. The molecule has 2 atom stereocenters. The Morgan fingerprint density at radius 2 is 1.75 bits per heavy atom. The number of aryl methyl sites for hydroxylation is 2. The van der Waals surface area contributed by atoms with Gasteiger partial charge in [-0.2, -0.15) is 0 Å². The van der Waals surface area contributed by atoms with Gasteiger partial charge in [-0.05, 0) is 80.8 Å². The summed E-state index contributed by atoms with van der Waals surface area (Å²) in [7, 11) is 0. The maximum absolute atomic E-state index is 10.8. The SMILES string of the molecule is CC1CCCCC1=O.Cc1ccc2c(c1)N=C1CCCCC12C.Cc1cccc(NN)c1. The van der Waals surface area contributed by atoms with E-state index in [4.69, 9.17) is 10.8 Å². The molecule has 3 aliphatic rings. The molecule has 172 valence electrons. The minimum Gasteiger partial charge on any atom is -0.324 e. The summed E-state index contributed by atoms with van der Waals surface area (Å²) in [4.78, 5) is 15.6. The molecule has 0 radical (unpaired) electrons. The molecule has 2 aliphatic carbocycles. The van der Waals surface area contributed by atoms with Crippen molar-refractivity contribution in [2.45, 2.75) is 84.5 Å². The van der Waals surface area contributed by atoms with Crippen molar-refractivity contribution < 1.29 is 4.79 Å². The summed E-state index contributed by atoms with van der Waals surface area (Å²) < 4.78 is 0. The third-order valence-corrected chi connectivity index (χ3v) is 7.03. The van der Waals surface area contributed by atoms with Gasteiger partial charge in [0.2, 0.25) is 0 Å². The molecule has 2 saturated carbocycles. The predicted molar refractivity (Wildman–Crippen MR) is 136 cm³/mol. The molecule has 1 aliphatic heterocycles. The first-order valence-electron chi connectivity index (χ1n) is 12.1. The van der Waals surface area contributed by atoms with Gasteiger partial charge in [-0.3, -0.25) is 15.6 Å². The lowest BCUT2D eigenvalue weighted by molar-refractivity contribution is -0.123. The quantitative estimate of drug-likeness (QED) is 0.377. The minimum absolute atomic E-state index is 0.265. The summed E-state index contributed by atoms with van der Waals surface area (Å²) in [5, 5.41) is 0. The smallest absolute Gasteiger partial charge is 0.135 e. The number of ketones is 1. The number of hydrogen-bond acceptors (Lipinski definition) is 4. The first-order chi connectivity index (χ1) is 15.3. The van der Waals surface area contributed by atoms with E-state index in [0.29, 0.717) is 11.7 Å². The van der Waals surface area contributed by atoms with E-state index in [0.717, 1.165) is 24.9 Å². The Bertz CT molecular complexity index is 965. The maximum atomic E-state index is 10.8. The molecule has 2 aromatic carbocycles. The van der Waals surface area contributed by atoms with Gasteiger partial charge in [0.15, 0.2) is 0 Å². The molecule has 4 nitrogen and oxygen atoms in total. The van der Waals surface area contributed by atoms with Gasteiger partial charge in [-0.1, -0.05) is 51.0 Å². The van der Waals surface area contributed by atoms with Crippen molar-refractivity contribution in [3.8, 4) is 0 Å². The minimum atomic E-state index is 0.265. The van der Waals surface area contributed by atoms with Crippen molar-refractivity contribution >= 4 is 22.9 Å². The highest BCUT2D eigenvalue weighted by molar-refractivity contribution is 6.02. The molecule has 0 saturated heterocycles. The molecule has 2 unspecified atom stereocenters. The number of anilines is 1. The van der Waals surface area contributed by atoms with Crippen molar-refractivity contribution in [2.75, 3.05) is 5.43 Å². The van der Waals surface area contributed by atoms with Gasteiger partial charge in [-0.25, -0.2) is 0 Å². The number of nitrogens with two attached hydrogens (primary N) is 1. The number of aliphatic imine (C=N–C) groups is 1. The third-order valence-electron chi connectivity index (χ3n) is 7.03. The van der Waals surface area contributed by atoms with Crippen LogP contribution < -0.4 is 11.3 Å². The molecule has 1 heterocycles. The van der Waals surface area contributed by atoms with E-state index in [1.807, 2.05) is 38.1 Å². The van der Waals surface area contributed by atoms with Crippen molar-refractivity contribution in [3.05, 3.63) is 59.2 Å². The number of benzene rings is 2. The molecule has 2 fully saturated rings. The first-order valence-corrected chi connectivity index (χ1v) is 12.1. The zero-order valence-electron chi connectivity index (χ0n) is 20.2. The first kappa shape index (κ1) is 24.2. The number of nitrogen functional groups attached to an aromatic ring is 1. The third kappa shape index (κ3) is 5.86. The van der Waals surface area contributed by atoms with E-state index in [1.54, 1.807) is 0 Å². The van der Waals surface area contributed by atoms with E-state index >= 15 is 0 Å². The lowest BCUT2D eigenvalue weighted by atomic mass is 9.71. The van der Waals surface area contributed by atoms with E-state index in [-0.39, 0.29) is 5.41 Å². The number of hydrazine groups is 1. The van der Waals surface area contributed by atoms with Gasteiger partial charge < -0.3 is 5.43 Å². The Morgan fingerprint density at radius 3 is 2.38 bits per heavy atom. The van der Waals surface area contributed by atoms with Crippen molar-refractivity contribution in [3.63, 3.8) is 0 Å². The van der Waals surface area contributed by atoms with Crippen LogP contribution in [0.3, 0.4) is 0 Å². The summed E-state index contributed by atoms with van der Waals surface area (Å²) in [6.45, 7) is 8.57. The predicted octanol–water partition coefficient (Wildman–Crippen LogP) is 6.96. The second kappa shape index (κ2) is 10.9. The van der Waals surface area contributed by atoms with Crippen LogP contribution in [-0.4, -0.2) is 11.5 Å². The lowest BCUT2D eigenvalue weighted by Crippen LogP contribution is -2.32. The van der Waals surface area contributed by atoms with Crippen LogP contribution in [0, 0.1) is 19.8 Å². The fourth-order valence-corrected chi connectivity index (χ4v) is 4.90. The number of nitrogens with one attached hydrogen (secondary N) is 1. The van der Waals surface area contributed by atoms with Crippen LogP contribution in [-0.2, 0) is 10.2 Å². The monoisotopic (exact) mass is 433 g/mol. The molecule has 32 heavy (non-hydrogen) atoms. The second-order valence-corrected chi connectivity index (χ2v) is 9.75. The number of carbonyl (C=O) groups excluding carboxylic acids is 1. The fraction of sp³-hybridized carbons (Fsp3) is 0.500. The molecule has 3 N–H and O–H groups in total. The van der Waals surface area contributed by atoms with Gasteiger partial charge in [0.05, 0.1) is 5.69 Å².